The lowest BCUT2D eigenvalue weighted by atomic mass is 10.1. The number of rotatable bonds is 13. The van der Waals surface area contributed by atoms with E-state index in [2.05, 4.69) is 6.92 Å². The lowest BCUT2D eigenvalue weighted by Crippen LogP contribution is -2.23. The van der Waals surface area contributed by atoms with Crippen LogP contribution in [0.2, 0.25) is 0 Å². The number of allylic oxidation sites excluding steroid dienone is 1. The van der Waals surface area contributed by atoms with Crippen molar-refractivity contribution in [2.45, 2.75) is 84.0 Å². The van der Waals surface area contributed by atoms with E-state index >= 15 is 0 Å². The Morgan fingerprint density at radius 3 is 1.58 bits per heavy atom. The number of quaternary nitrogens is 1. The van der Waals surface area contributed by atoms with E-state index in [-0.39, 0.29) is 4.65 Å². The van der Waals surface area contributed by atoms with Crippen molar-refractivity contribution in [3.8, 4) is 0 Å². The average molecular weight is 269 g/mol. The van der Waals surface area contributed by atoms with Gasteiger partial charge < -0.3 is 9.85 Å². The van der Waals surface area contributed by atoms with E-state index in [1.165, 1.54) is 70.6 Å². The third-order valence-corrected chi connectivity index (χ3v) is 3.44. The maximum atomic E-state index is 11.3. The third-order valence-electron chi connectivity index (χ3n) is 3.44. The van der Waals surface area contributed by atoms with E-state index in [9.17, 15) is 5.21 Å². The minimum absolute atomic E-state index is 0.308. The number of nitrogens with zero attached hydrogens (tertiary/aromatic N) is 1. The monoisotopic (exact) mass is 269 g/mol. The predicted molar refractivity (Wildman–Crippen MR) is 85.7 cm³/mol. The molecule has 0 rings (SSSR count). The molecular formula is C17H35NO. The summed E-state index contributed by atoms with van der Waals surface area (Å²) in [7, 11) is 3.30. The summed E-state index contributed by atoms with van der Waals surface area (Å²) in [6, 6.07) is 0. The molecule has 114 valence electrons. The summed E-state index contributed by atoms with van der Waals surface area (Å²) in [6.45, 7) is 2.27. The van der Waals surface area contributed by atoms with Crippen LogP contribution in [-0.4, -0.2) is 18.7 Å². The van der Waals surface area contributed by atoms with Crippen molar-refractivity contribution < 1.29 is 4.65 Å². The summed E-state index contributed by atoms with van der Waals surface area (Å²) in [4.78, 5) is 0. The molecule has 0 spiro atoms. The lowest BCUT2D eigenvalue weighted by molar-refractivity contribution is -0.785. The fourth-order valence-corrected chi connectivity index (χ4v) is 2.25. The second kappa shape index (κ2) is 12.7. The van der Waals surface area contributed by atoms with Gasteiger partial charge in [-0.1, -0.05) is 71.1 Å². The Morgan fingerprint density at radius 1 is 0.737 bits per heavy atom. The molecule has 19 heavy (non-hydrogen) atoms. The molecule has 0 N–H and O–H groups in total. The molecular weight excluding hydrogens is 234 g/mol. The van der Waals surface area contributed by atoms with Gasteiger partial charge in [0.1, 0.15) is 0 Å². The third kappa shape index (κ3) is 17.7. The van der Waals surface area contributed by atoms with Crippen LogP contribution in [0.3, 0.4) is 0 Å². The average Bonchev–Trinajstić information content (AvgIpc) is 2.34. The zero-order valence-corrected chi connectivity index (χ0v) is 13.5. The van der Waals surface area contributed by atoms with Crippen LogP contribution >= 0.6 is 0 Å². The highest BCUT2D eigenvalue weighted by Gasteiger charge is 1.94. The smallest absolute Gasteiger partial charge is 0.0913 e. The van der Waals surface area contributed by atoms with Gasteiger partial charge >= 0.3 is 0 Å². The van der Waals surface area contributed by atoms with Gasteiger partial charge in [-0.25, -0.2) is 0 Å². The summed E-state index contributed by atoms with van der Waals surface area (Å²) >= 11 is 0. The van der Waals surface area contributed by atoms with Crippen molar-refractivity contribution >= 4 is 0 Å². The molecule has 0 aromatic rings. The minimum atomic E-state index is -0.308. The Bertz CT molecular complexity index is 206. The summed E-state index contributed by atoms with van der Waals surface area (Å²) in [6.07, 6.45) is 20.0. The van der Waals surface area contributed by atoms with Crippen molar-refractivity contribution in [3.05, 3.63) is 17.5 Å². The summed E-state index contributed by atoms with van der Waals surface area (Å²) in [5.74, 6) is 0. The van der Waals surface area contributed by atoms with Gasteiger partial charge in [-0.3, -0.25) is 0 Å². The molecule has 0 aromatic heterocycles. The Morgan fingerprint density at radius 2 is 1.16 bits per heavy atom. The fraction of sp³-hybridized carbons (Fsp3) is 0.882. The van der Waals surface area contributed by atoms with Crippen LogP contribution in [0.4, 0.5) is 0 Å². The minimum Gasteiger partial charge on any atom is -0.628 e. The molecule has 0 saturated heterocycles. The standard InChI is InChI=1S/C17H35NO/c1-4-5-6-7-8-9-10-11-12-13-14-15-16-17-18(2,3)19/h16-17H,4-15H2,1-3H3. The Hall–Kier alpha value is -0.340. The summed E-state index contributed by atoms with van der Waals surface area (Å²) < 4.78 is -0.308. The number of hydrogen-bond acceptors (Lipinski definition) is 1. The van der Waals surface area contributed by atoms with Gasteiger partial charge in [-0.2, -0.15) is 0 Å². The first-order valence-corrected chi connectivity index (χ1v) is 8.28. The van der Waals surface area contributed by atoms with Crippen molar-refractivity contribution in [2.75, 3.05) is 14.1 Å². The normalized spacial score (nSPS) is 12.4. The maximum Gasteiger partial charge on any atom is 0.0913 e. The molecule has 0 bridgehead atoms. The second-order valence-electron chi connectivity index (χ2n) is 6.14. The highest BCUT2D eigenvalue weighted by Crippen LogP contribution is 2.12. The van der Waals surface area contributed by atoms with E-state index in [0.717, 1.165) is 6.42 Å². The summed E-state index contributed by atoms with van der Waals surface area (Å²) in [5, 5.41) is 11.3. The second-order valence-corrected chi connectivity index (χ2v) is 6.14. The first-order chi connectivity index (χ1) is 9.06. The Balaban J connectivity index is 3.09. The molecule has 0 atom stereocenters. The molecule has 0 unspecified atom stereocenters. The van der Waals surface area contributed by atoms with Crippen LogP contribution in [0.25, 0.3) is 0 Å². The van der Waals surface area contributed by atoms with E-state index in [1.54, 1.807) is 20.3 Å². The zero-order valence-electron chi connectivity index (χ0n) is 13.5. The van der Waals surface area contributed by atoms with Crippen LogP contribution in [0.15, 0.2) is 12.3 Å². The topological polar surface area (TPSA) is 23.1 Å². The van der Waals surface area contributed by atoms with Crippen molar-refractivity contribution in [3.63, 3.8) is 0 Å². The van der Waals surface area contributed by atoms with Crippen LogP contribution < -0.4 is 0 Å². The number of unbranched alkanes of at least 4 members (excludes halogenated alkanes) is 11. The van der Waals surface area contributed by atoms with E-state index < -0.39 is 0 Å². The van der Waals surface area contributed by atoms with Crippen molar-refractivity contribution in [2.24, 2.45) is 0 Å². The van der Waals surface area contributed by atoms with E-state index in [1.807, 2.05) is 6.08 Å². The lowest BCUT2D eigenvalue weighted by Gasteiger charge is -2.28. The Labute approximate surface area is 121 Å². The molecule has 0 radical (unpaired) electrons. The van der Waals surface area contributed by atoms with Gasteiger partial charge in [0.15, 0.2) is 0 Å². The van der Waals surface area contributed by atoms with Gasteiger partial charge in [-0.15, -0.1) is 0 Å². The van der Waals surface area contributed by atoms with Crippen molar-refractivity contribution in [1.82, 2.24) is 0 Å². The highest BCUT2D eigenvalue weighted by atomic mass is 16.5. The highest BCUT2D eigenvalue weighted by molar-refractivity contribution is 4.73. The zero-order chi connectivity index (χ0) is 14.4. The molecule has 0 heterocycles. The maximum absolute atomic E-state index is 11.3. The molecule has 0 aliphatic heterocycles. The van der Waals surface area contributed by atoms with Crippen molar-refractivity contribution in [1.29, 1.82) is 0 Å². The fourth-order valence-electron chi connectivity index (χ4n) is 2.25. The van der Waals surface area contributed by atoms with Gasteiger partial charge in [-0.05, 0) is 18.9 Å². The first-order valence-electron chi connectivity index (χ1n) is 8.28. The molecule has 0 aliphatic carbocycles. The molecule has 0 saturated carbocycles. The van der Waals surface area contributed by atoms with Gasteiger partial charge in [0.25, 0.3) is 0 Å². The molecule has 0 fully saturated rings. The van der Waals surface area contributed by atoms with Crippen LogP contribution in [0, 0.1) is 5.21 Å². The van der Waals surface area contributed by atoms with E-state index in [0.29, 0.717) is 0 Å². The van der Waals surface area contributed by atoms with Gasteiger partial charge in [0.2, 0.25) is 0 Å². The first kappa shape index (κ1) is 18.7. The van der Waals surface area contributed by atoms with E-state index in [4.69, 9.17) is 0 Å². The van der Waals surface area contributed by atoms with Crippen LogP contribution in [-0.2, 0) is 0 Å². The largest absolute Gasteiger partial charge is 0.628 e. The molecule has 0 aliphatic rings. The van der Waals surface area contributed by atoms with Crippen LogP contribution in [0.5, 0.6) is 0 Å². The SMILES string of the molecule is CCCCCCCCCCCCCC=C[N+](C)(C)[O-]. The van der Waals surface area contributed by atoms with Crippen LogP contribution in [0.1, 0.15) is 84.0 Å². The number of hydrogen-bond donors (Lipinski definition) is 0. The van der Waals surface area contributed by atoms with Gasteiger partial charge in [0, 0.05) is 0 Å². The molecule has 0 aromatic carbocycles. The quantitative estimate of drug-likeness (QED) is 0.236. The predicted octanol–water partition coefficient (Wildman–Crippen LogP) is 5.78. The molecule has 0 amide bonds. The molecule has 2 nitrogen and oxygen atoms in total. The Kier molecular flexibility index (Phi) is 12.5. The van der Waals surface area contributed by atoms with Gasteiger partial charge in [0.05, 0.1) is 20.3 Å². The number of hydroxylamine groups is 3. The summed E-state index contributed by atoms with van der Waals surface area (Å²) in [5.41, 5.74) is 0. The molecule has 2 heteroatoms.